The predicted octanol–water partition coefficient (Wildman–Crippen LogP) is 25.5. The average Bonchev–Trinajstić information content (AvgIpc) is 1.76. The minimum Gasteiger partial charge on any atom is -0.494 e. The lowest BCUT2D eigenvalue weighted by molar-refractivity contribution is 0.116. The third kappa shape index (κ3) is 33.8. The Morgan fingerprint density at radius 3 is 0.965 bits per heavy atom. The van der Waals surface area contributed by atoms with Gasteiger partial charge in [0.2, 0.25) is 0 Å². The molecule has 5 rings (SSSR count). The van der Waals surface area contributed by atoms with Crippen molar-refractivity contribution in [2.75, 3.05) is 26.4 Å². The molecule has 0 unspecified atom stereocenters. The number of fused-ring (bicyclic) bond motifs is 3. The lowest BCUT2D eigenvalue weighted by Crippen LogP contribution is -2.00. The van der Waals surface area contributed by atoms with Crippen molar-refractivity contribution in [3.63, 3.8) is 0 Å². The predicted molar refractivity (Wildman–Crippen MR) is 373 cm³/mol. The molecule has 484 valence electrons. The second-order valence-electron chi connectivity index (χ2n) is 26.1. The van der Waals surface area contributed by atoms with E-state index >= 15 is 0 Å². The lowest BCUT2D eigenvalue weighted by Gasteiger charge is -2.10. The van der Waals surface area contributed by atoms with Crippen LogP contribution in [-0.4, -0.2) is 36.0 Å². The fourth-order valence-electron chi connectivity index (χ4n) is 12.7. The summed E-state index contributed by atoms with van der Waals surface area (Å²) >= 11 is 0. The van der Waals surface area contributed by atoms with Gasteiger partial charge in [-0.15, -0.1) is 0 Å². The van der Waals surface area contributed by atoms with Crippen LogP contribution in [0.2, 0.25) is 0 Å². The standard InChI is InChI=1S/C80H130N2O4/c1-4-7-10-13-16-19-22-25-28-31-34-37-41-46-61-83-68-71-51-58-79-76(65-71)77-66-72(69-84-62-47-42-38-35-32-29-26-23-20-17-14-11-8-5-2)52-59-80(77)82(79)60-45-40-44-49-64-86-75-55-53-74(54-56-75)78-57-50-73(67-81-78)70-85-63-48-43-39-36-33-30-27-24-21-18-15-12-9-6-3/h50-59,65-67H,4-49,60-64,68-70H2,1-3H3. The summed E-state index contributed by atoms with van der Waals surface area (Å²) < 4.78 is 27.5. The monoisotopic (exact) mass is 1180 g/mol. The number of aryl methyl sites for hydroxylation is 1. The molecule has 86 heavy (non-hydrogen) atoms. The van der Waals surface area contributed by atoms with E-state index in [0.717, 1.165) is 94.1 Å². The van der Waals surface area contributed by atoms with E-state index in [-0.39, 0.29) is 0 Å². The molecule has 5 aromatic rings. The van der Waals surface area contributed by atoms with Crippen molar-refractivity contribution in [1.29, 1.82) is 0 Å². The third-order valence-corrected chi connectivity index (χ3v) is 18.2. The largest absolute Gasteiger partial charge is 0.494 e. The molecule has 0 atom stereocenters. The van der Waals surface area contributed by atoms with Gasteiger partial charge in [0.15, 0.2) is 0 Å². The van der Waals surface area contributed by atoms with Crippen molar-refractivity contribution < 1.29 is 18.9 Å². The van der Waals surface area contributed by atoms with Crippen molar-refractivity contribution in [2.45, 2.75) is 342 Å². The van der Waals surface area contributed by atoms with E-state index < -0.39 is 0 Å². The van der Waals surface area contributed by atoms with Crippen molar-refractivity contribution in [1.82, 2.24) is 9.55 Å². The summed E-state index contributed by atoms with van der Waals surface area (Å²) in [4.78, 5) is 4.77. The number of benzene rings is 3. The first-order valence-corrected chi connectivity index (χ1v) is 37.1. The highest BCUT2D eigenvalue weighted by Crippen LogP contribution is 2.32. The number of hydrogen-bond acceptors (Lipinski definition) is 5. The van der Waals surface area contributed by atoms with Crippen molar-refractivity contribution in [3.05, 3.63) is 95.7 Å². The molecule has 2 heterocycles. The summed E-state index contributed by atoms with van der Waals surface area (Å²) in [5.41, 5.74) is 8.42. The van der Waals surface area contributed by atoms with Crippen LogP contribution in [0, 0.1) is 0 Å². The molecular weight excluding hydrogens is 1050 g/mol. The van der Waals surface area contributed by atoms with Gasteiger partial charge in [-0.2, -0.15) is 0 Å². The molecule has 0 saturated heterocycles. The summed E-state index contributed by atoms with van der Waals surface area (Å²) in [5.74, 6) is 0.923. The minimum absolute atomic E-state index is 0.631. The first kappa shape index (κ1) is 73.0. The van der Waals surface area contributed by atoms with Crippen LogP contribution in [-0.2, 0) is 40.6 Å². The van der Waals surface area contributed by atoms with Gasteiger partial charge in [-0.25, -0.2) is 0 Å². The summed E-state index contributed by atoms with van der Waals surface area (Å²) in [6, 6.07) is 26.8. The molecule has 0 N–H and O–H groups in total. The Labute approximate surface area is 529 Å². The SMILES string of the molecule is CCCCCCCCCCCCCCCCOCc1ccc(-c2ccc(OCCCCCCn3c4ccc(COCCCCCCCCCCCCCCCC)cc4c4cc(COCCCCCCCCCCCCCCCC)ccc43)cc2)nc1. The Balaban J connectivity index is 0.973. The Morgan fingerprint density at radius 1 is 0.302 bits per heavy atom. The molecule has 0 bridgehead atoms. The number of ether oxygens (including phenoxy) is 4. The van der Waals surface area contributed by atoms with Gasteiger partial charge in [0, 0.05) is 59.9 Å². The highest BCUT2D eigenvalue weighted by molar-refractivity contribution is 6.08. The molecule has 0 aliphatic carbocycles. The molecule has 0 saturated carbocycles. The number of rotatable bonds is 60. The zero-order chi connectivity index (χ0) is 60.3. The number of pyridine rings is 1. The van der Waals surface area contributed by atoms with Crippen LogP contribution in [0.25, 0.3) is 33.1 Å². The van der Waals surface area contributed by atoms with Crippen molar-refractivity contribution in [3.8, 4) is 17.0 Å². The van der Waals surface area contributed by atoms with E-state index in [1.54, 1.807) is 0 Å². The van der Waals surface area contributed by atoms with Crippen LogP contribution in [0.3, 0.4) is 0 Å². The smallest absolute Gasteiger partial charge is 0.119 e. The Morgan fingerprint density at radius 2 is 0.616 bits per heavy atom. The molecule has 6 nitrogen and oxygen atoms in total. The minimum atomic E-state index is 0.631. The van der Waals surface area contributed by atoms with E-state index in [1.807, 2.05) is 6.20 Å². The fraction of sp³-hybridized carbons (Fsp3) is 0.713. The summed E-state index contributed by atoms with van der Waals surface area (Å²) in [6.07, 6.45) is 64.4. The first-order valence-electron chi connectivity index (χ1n) is 37.1. The summed E-state index contributed by atoms with van der Waals surface area (Å²) in [5, 5.41) is 2.68. The highest BCUT2D eigenvalue weighted by atomic mass is 16.5. The normalized spacial score (nSPS) is 11.8. The Kier molecular flexibility index (Phi) is 43.4. The van der Waals surface area contributed by atoms with Crippen LogP contribution in [0.15, 0.2) is 79.0 Å². The van der Waals surface area contributed by atoms with Gasteiger partial charge in [0.25, 0.3) is 0 Å². The zero-order valence-corrected chi connectivity index (χ0v) is 56.2. The van der Waals surface area contributed by atoms with Gasteiger partial charge in [0.05, 0.1) is 32.1 Å². The number of unbranched alkanes of at least 4 members (excludes halogenated alkanes) is 42. The van der Waals surface area contributed by atoms with Gasteiger partial charge in [-0.3, -0.25) is 4.98 Å². The van der Waals surface area contributed by atoms with Crippen LogP contribution < -0.4 is 4.74 Å². The van der Waals surface area contributed by atoms with Crippen LogP contribution in [0.1, 0.15) is 333 Å². The van der Waals surface area contributed by atoms with E-state index in [0.29, 0.717) is 19.8 Å². The lowest BCUT2D eigenvalue weighted by atomic mass is 10.0. The maximum absolute atomic E-state index is 6.32. The zero-order valence-electron chi connectivity index (χ0n) is 56.2. The first-order chi connectivity index (χ1) is 42.7. The van der Waals surface area contributed by atoms with Crippen LogP contribution in [0.5, 0.6) is 5.75 Å². The van der Waals surface area contributed by atoms with E-state index in [1.165, 1.54) is 290 Å². The number of aromatic nitrogens is 2. The van der Waals surface area contributed by atoms with Crippen LogP contribution in [0.4, 0.5) is 0 Å². The second kappa shape index (κ2) is 51.1. The van der Waals surface area contributed by atoms with E-state index in [9.17, 15) is 0 Å². The topological polar surface area (TPSA) is 54.7 Å². The van der Waals surface area contributed by atoms with Gasteiger partial charge in [-0.1, -0.05) is 302 Å². The molecule has 0 radical (unpaired) electrons. The van der Waals surface area contributed by atoms with E-state index in [4.69, 9.17) is 23.9 Å². The fourth-order valence-corrected chi connectivity index (χ4v) is 12.7. The molecule has 0 aliphatic rings. The van der Waals surface area contributed by atoms with Crippen molar-refractivity contribution >= 4 is 21.8 Å². The van der Waals surface area contributed by atoms with E-state index in [2.05, 4.69) is 98.1 Å². The molecular formula is C80H130N2O4. The van der Waals surface area contributed by atoms with Gasteiger partial charge >= 0.3 is 0 Å². The number of hydrogen-bond donors (Lipinski definition) is 0. The average molecular weight is 1180 g/mol. The molecule has 0 aliphatic heterocycles. The van der Waals surface area contributed by atoms with Gasteiger partial charge < -0.3 is 23.5 Å². The molecule has 3 aromatic carbocycles. The summed E-state index contributed by atoms with van der Waals surface area (Å²) in [6.45, 7) is 13.2. The van der Waals surface area contributed by atoms with Crippen LogP contribution >= 0.6 is 0 Å². The summed E-state index contributed by atoms with van der Waals surface area (Å²) in [7, 11) is 0. The Bertz CT molecular complexity index is 2230. The molecule has 0 spiro atoms. The quantitative estimate of drug-likeness (QED) is 0.0363. The maximum atomic E-state index is 6.32. The van der Waals surface area contributed by atoms with Gasteiger partial charge in [-0.05, 0) is 103 Å². The Hall–Kier alpha value is -3.71. The van der Waals surface area contributed by atoms with Crippen molar-refractivity contribution in [2.24, 2.45) is 0 Å². The third-order valence-electron chi connectivity index (χ3n) is 18.2. The number of nitrogens with zero attached hydrogens (tertiary/aromatic N) is 2. The van der Waals surface area contributed by atoms with Gasteiger partial charge in [0.1, 0.15) is 5.75 Å². The molecule has 0 fully saturated rings. The maximum Gasteiger partial charge on any atom is 0.119 e. The molecule has 2 aromatic heterocycles. The molecule has 6 heteroatoms. The molecule has 0 amide bonds. The second-order valence-corrected chi connectivity index (χ2v) is 26.1. The highest BCUT2D eigenvalue weighted by Gasteiger charge is 2.13.